The lowest BCUT2D eigenvalue weighted by molar-refractivity contribution is -0.127. The molecule has 2 atom stereocenters. The lowest BCUT2D eigenvalue weighted by Gasteiger charge is -2.20. The molecule has 0 saturated carbocycles. The molecular formula is C20H25NO4. The number of ether oxygens (including phenoxy) is 3. The monoisotopic (exact) mass is 343 g/mol. The summed E-state index contributed by atoms with van der Waals surface area (Å²) in [6, 6.07) is 13.0. The lowest BCUT2D eigenvalue weighted by Crippen LogP contribution is -2.37. The van der Waals surface area contributed by atoms with Gasteiger partial charge in [-0.1, -0.05) is 18.2 Å². The quantitative estimate of drug-likeness (QED) is 0.834. The molecule has 134 valence electrons. The SMILES string of the molecule is COc1ccc([C@H](C)NC(=O)[C@@H](C)Oc2cccc(C)c2)cc1OC. The van der Waals surface area contributed by atoms with Crippen molar-refractivity contribution in [1.82, 2.24) is 5.32 Å². The predicted octanol–water partition coefficient (Wildman–Crippen LogP) is 3.66. The van der Waals surface area contributed by atoms with Crippen molar-refractivity contribution in [1.29, 1.82) is 0 Å². The first kappa shape index (κ1) is 18.6. The molecular weight excluding hydrogens is 318 g/mol. The smallest absolute Gasteiger partial charge is 0.261 e. The zero-order valence-corrected chi connectivity index (χ0v) is 15.3. The predicted molar refractivity (Wildman–Crippen MR) is 97.4 cm³/mol. The number of hydrogen-bond donors (Lipinski definition) is 1. The summed E-state index contributed by atoms with van der Waals surface area (Å²) in [6.07, 6.45) is -0.593. The summed E-state index contributed by atoms with van der Waals surface area (Å²) < 4.78 is 16.3. The average Bonchev–Trinajstić information content (AvgIpc) is 2.60. The van der Waals surface area contributed by atoms with Crippen LogP contribution in [0.15, 0.2) is 42.5 Å². The molecule has 1 N–H and O–H groups in total. The molecule has 0 fully saturated rings. The van der Waals surface area contributed by atoms with Gasteiger partial charge in [0.2, 0.25) is 0 Å². The molecule has 0 aliphatic rings. The minimum Gasteiger partial charge on any atom is -0.493 e. The van der Waals surface area contributed by atoms with Crippen LogP contribution in [0.2, 0.25) is 0 Å². The third-order valence-corrected chi connectivity index (χ3v) is 3.94. The van der Waals surface area contributed by atoms with Gasteiger partial charge in [-0.05, 0) is 56.2 Å². The molecule has 0 bridgehead atoms. The molecule has 0 unspecified atom stereocenters. The summed E-state index contributed by atoms with van der Waals surface area (Å²) in [5.74, 6) is 1.79. The number of amides is 1. The Bertz CT molecular complexity index is 729. The summed E-state index contributed by atoms with van der Waals surface area (Å²) in [7, 11) is 3.18. The van der Waals surface area contributed by atoms with Crippen molar-refractivity contribution >= 4 is 5.91 Å². The van der Waals surface area contributed by atoms with E-state index < -0.39 is 6.10 Å². The second-order valence-corrected chi connectivity index (χ2v) is 5.92. The van der Waals surface area contributed by atoms with Crippen LogP contribution in [0.4, 0.5) is 0 Å². The standard InChI is InChI=1S/C20H25NO4/c1-13-7-6-8-17(11-13)25-15(3)20(22)21-14(2)16-9-10-18(23-4)19(12-16)24-5/h6-12,14-15H,1-5H3,(H,21,22)/t14-,15+/m0/s1. The van der Waals surface area contributed by atoms with Gasteiger partial charge in [0.05, 0.1) is 20.3 Å². The maximum atomic E-state index is 12.4. The average molecular weight is 343 g/mol. The molecule has 0 heterocycles. The van der Waals surface area contributed by atoms with Gasteiger partial charge in [0, 0.05) is 0 Å². The van der Waals surface area contributed by atoms with E-state index in [0.717, 1.165) is 11.1 Å². The molecule has 0 spiro atoms. The van der Waals surface area contributed by atoms with Gasteiger partial charge in [-0.3, -0.25) is 4.79 Å². The number of nitrogens with one attached hydrogen (secondary N) is 1. The van der Waals surface area contributed by atoms with Crippen LogP contribution in [-0.2, 0) is 4.79 Å². The van der Waals surface area contributed by atoms with E-state index in [1.165, 1.54) is 0 Å². The molecule has 2 aromatic carbocycles. The van der Waals surface area contributed by atoms with Gasteiger partial charge in [-0.15, -0.1) is 0 Å². The van der Waals surface area contributed by atoms with Crippen LogP contribution in [0, 0.1) is 6.92 Å². The molecule has 25 heavy (non-hydrogen) atoms. The Morgan fingerprint density at radius 1 is 1.00 bits per heavy atom. The van der Waals surface area contributed by atoms with Gasteiger partial charge in [0.25, 0.3) is 5.91 Å². The number of benzene rings is 2. The van der Waals surface area contributed by atoms with E-state index in [0.29, 0.717) is 17.2 Å². The Labute approximate surface area is 148 Å². The van der Waals surface area contributed by atoms with Crippen molar-refractivity contribution < 1.29 is 19.0 Å². The topological polar surface area (TPSA) is 56.8 Å². The Morgan fingerprint density at radius 2 is 1.72 bits per heavy atom. The lowest BCUT2D eigenvalue weighted by atomic mass is 10.1. The first-order chi connectivity index (χ1) is 11.9. The number of rotatable bonds is 7. The second-order valence-electron chi connectivity index (χ2n) is 5.92. The van der Waals surface area contributed by atoms with Gasteiger partial charge in [0.15, 0.2) is 17.6 Å². The van der Waals surface area contributed by atoms with Crippen molar-refractivity contribution in [3.63, 3.8) is 0 Å². The Morgan fingerprint density at radius 3 is 2.36 bits per heavy atom. The fraction of sp³-hybridized carbons (Fsp3) is 0.350. The summed E-state index contributed by atoms with van der Waals surface area (Å²) in [4.78, 5) is 12.4. The number of methoxy groups -OCH3 is 2. The van der Waals surface area contributed by atoms with Gasteiger partial charge in [-0.2, -0.15) is 0 Å². The third-order valence-electron chi connectivity index (χ3n) is 3.94. The molecule has 0 aromatic heterocycles. The van der Waals surface area contributed by atoms with Gasteiger partial charge in [-0.25, -0.2) is 0 Å². The normalized spacial score (nSPS) is 12.8. The highest BCUT2D eigenvalue weighted by Crippen LogP contribution is 2.29. The van der Waals surface area contributed by atoms with E-state index in [-0.39, 0.29) is 11.9 Å². The Kier molecular flexibility index (Phi) is 6.28. The van der Waals surface area contributed by atoms with Crippen molar-refractivity contribution in [3.05, 3.63) is 53.6 Å². The highest BCUT2D eigenvalue weighted by Gasteiger charge is 2.18. The molecule has 5 nitrogen and oxygen atoms in total. The minimum absolute atomic E-state index is 0.177. The largest absolute Gasteiger partial charge is 0.493 e. The molecule has 2 rings (SSSR count). The molecule has 0 aliphatic heterocycles. The van der Waals surface area contributed by atoms with Crippen LogP contribution < -0.4 is 19.5 Å². The van der Waals surface area contributed by atoms with Crippen LogP contribution in [0.1, 0.15) is 31.0 Å². The number of carbonyl (C=O) groups excluding carboxylic acids is 1. The van der Waals surface area contributed by atoms with E-state index in [4.69, 9.17) is 14.2 Å². The van der Waals surface area contributed by atoms with Crippen molar-refractivity contribution in [2.45, 2.75) is 32.9 Å². The molecule has 2 aromatic rings. The number of aryl methyl sites for hydroxylation is 1. The first-order valence-corrected chi connectivity index (χ1v) is 8.20. The van der Waals surface area contributed by atoms with E-state index in [2.05, 4.69) is 5.32 Å². The zero-order chi connectivity index (χ0) is 18.4. The van der Waals surface area contributed by atoms with Crippen LogP contribution >= 0.6 is 0 Å². The number of carbonyl (C=O) groups is 1. The Balaban J connectivity index is 2.01. The molecule has 1 amide bonds. The van der Waals surface area contributed by atoms with E-state index >= 15 is 0 Å². The fourth-order valence-electron chi connectivity index (χ4n) is 2.48. The maximum Gasteiger partial charge on any atom is 0.261 e. The third kappa shape index (κ3) is 4.89. The highest BCUT2D eigenvalue weighted by atomic mass is 16.5. The van der Waals surface area contributed by atoms with Crippen molar-refractivity contribution in [2.75, 3.05) is 14.2 Å². The first-order valence-electron chi connectivity index (χ1n) is 8.20. The maximum absolute atomic E-state index is 12.4. The van der Waals surface area contributed by atoms with E-state index in [1.807, 2.05) is 56.3 Å². The Hall–Kier alpha value is -2.69. The molecule has 0 saturated heterocycles. The second kappa shape index (κ2) is 8.42. The zero-order valence-electron chi connectivity index (χ0n) is 15.3. The molecule has 5 heteroatoms. The fourth-order valence-corrected chi connectivity index (χ4v) is 2.48. The van der Waals surface area contributed by atoms with Gasteiger partial charge < -0.3 is 19.5 Å². The van der Waals surface area contributed by atoms with E-state index in [9.17, 15) is 4.79 Å². The van der Waals surface area contributed by atoms with Crippen molar-refractivity contribution in [2.24, 2.45) is 0 Å². The van der Waals surface area contributed by atoms with Crippen molar-refractivity contribution in [3.8, 4) is 17.2 Å². The molecule has 0 aliphatic carbocycles. The van der Waals surface area contributed by atoms with Crippen LogP contribution in [0.3, 0.4) is 0 Å². The summed E-state index contributed by atoms with van der Waals surface area (Å²) in [5, 5.41) is 2.96. The summed E-state index contributed by atoms with van der Waals surface area (Å²) in [5.41, 5.74) is 2.01. The van der Waals surface area contributed by atoms with Gasteiger partial charge >= 0.3 is 0 Å². The van der Waals surface area contributed by atoms with Crippen LogP contribution in [-0.4, -0.2) is 26.2 Å². The highest BCUT2D eigenvalue weighted by molar-refractivity contribution is 5.81. The summed E-state index contributed by atoms with van der Waals surface area (Å²) >= 11 is 0. The van der Waals surface area contributed by atoms with E-state index in [1.54, 1.807) is 21.1 Å². The van der Waals surface area contributed by atoms with Crippen LogP contribution in [0.25, 0.3) is 0 Å². The molecule has 0 radical (unpaired) electrons. The number of hydrogen-bond acceptors (Lipinski definition) is 4. The van der Waals surface area contributed by atoms with Gasteiger partial charge in [0.1, 0.15) is 5.75 Å². The van der Waals surface area contributed by atoms with Crippen LogP contribution in [0.5, 0.6) is 17.2 Å². The minimum atomic E-state index is -0.593. The summed E-state index contributed by atoms with van der Waals surface area (Å²) in [6.45, 7) is 5.63.